The van der Waals surface area contributed by atoms with Crippen LogP contribution in [0.25, 0.3) is 0 Å². The van der Waals surface area contributed by atoms with E-state index in [4.69, 9.17) is 31.3 Å². The van der Waals surface area contributed by atoms with Crippen LogP contribution in [0.1, 0.15) is 44.1 Å². The molecule has 0 unspecified atom stereocenters. The first kappa shape index (κ1) is 20.1. The van der Waals surface area contributed by atoms with Crippen LogP contribution < -0.4 is 10.1 Å². The third kappa shape index (κ3) is 8.06. The van der Waals surface area contributed by atoms with Crippen LogP contribution in [-0.4, -0.2) is 35.4 Å². The number of rotatable bonds is 4. The van der Waals surface area contributed by atoms with Gasteiger partial charge in [-0.1, -0.05) is 43.4 Å². The molecule has 24 heavy (non-hydrogen) atoms. The van der Waals surface area contributed by atoms with E-state index in [1.165, 1.54) is 25.7 Å². The Hall–Kier alpha value is -1.95. The number of methoxy groups -OCH3 is 1. The minimum atomic E-state index is -1.83. The van der Waals surface area contributed by atoms with E-state index in [0.29, 0.717) is 23.2 Å². The lowest BCUT2D eigenvalue weighted by molar-refractivity contribution is -0.121. The normalized spacial score (nSPS) is 14.8. The molecule has 2 rings (SSSR count). The smallest absolute Gasteiger partial charge is 0.497 e. The Kier molecular flexibility index (Phi) is 9.01. The molecule has 1 amide bonds. The monoisotopic (exact) mass is 357 g/mol. The van der Waals surface area contributed by atoms with Gasteiger partial charge in [-0.3, -0.25) is 4.79 Å². The zero-order valence-electron chi connectivity index (χ0n) is 13.8. The Bertz CT molecular complexity index is 538. The van der Waals surface area contributed by atoms with Crippen molar-refractivity contribution < 1.29 is 24.5 Å². The molecule has 1 fully saturated rings. The van der Waals surface area contributed by atoms with Gasteiger partial charge >= 0.3 is 6.16 Å². The second-order valence-corrected chi connectivity index (χ2v) is 6.08. The zero-order valence-corrected chi connectivity index (χ0v) is 14.5. The van der Waals surface area contributed by atoms with Crippen molar-refractivity contribution in [2.75, 3.05) is 7.11 Å². The number of halogens is 1. The van der Waals surface area contributed by atoms with Crippen molar-refractivity contribution >= 4 is 23.7 Å². The number of carbonyl (C=O) groups is 2. The highest BCUT2D eigenvalue weighted by Gasteiger charge is 2.15. The van der Waals surface area contributed by atoms with Crippen molar-refractivity contribution in [2.24, 2.45) is 0 Å². The minimum Gasteiger partial charge on any atom is -0.497 e. The molecule has 3 N–H and O–H groups in total. The van der Waals surface area contributed by atoms with Crippen molar-refractivity contribution in [3.05, 3.63) is 28.8 Å². The number of hydrogen-bond acceptors (Lipinski definition) is 3. The van der Waals surface area contributed by atoms with E-state index in [0.717, 1.165) is 18.4 Å². The summed E-state index contributed by atoms with van der Waals surface area (Å²) in [6, 6.07) is 5.77. The first-order chi connectivity index (χ1) is 11.4. The number of carbonyl (C=O) groups excluding carboxylic acids is 1. The number of ether oxygens (including phenoxy) is 1. The van der Waals surface area contributed by atoms with Gasteiger partial charge in [0.15, 0.2) is 0 Å². The Balaban J connectivity index is 0.000000648. The molecule has 0 bridgehead atoms. The van der Waals surface area contributed by atoms with Gasteiger partial charge in [-0.25, -0.2) is 4.79 Å². The Labute approximate surface area is 146 Å². The second kappa shape index (κ2) is 10.8. The maximum Gasteiger partial charge on any atom is 0.503 e. The largest absolute Gasteiger partial charge is 0.503 e. The second-order valence-electron chi connectivity index (χ2n) is 5.67. The van der Waals surface area contributed by atoms with Gasteiger partial charge in [0.05, 0.1) is 13.5 Å². The van der Waals surface area contributed by atoms with Crippen molar-refractivity contribution in [3.63, 3.8) is 0 Å². The first-order valence-corrected chi connectivity index (χ1v) is 8.34. The van der Waals surface area contributed by atoms with E-state index in [-0.39, 0.29) is 5.91 Å². The average molecular weight is 358 g/mol. The van der Waals surface area contributed by atoms with Gasteiger partial charge < -0.3 is 20.3 Å². The quantitative estimate of drug-likeness (QED) is 0.709. The Morgan fingerprint density at radius 3 is 2.29 bits per heavy atom. The summed E-state index contributed by atoms with van der Waals surface area (Å²) in [6.07, 6.45) is 5.71. The molecule has 0 aliphatic heterocycles. The van der Waals surface area contributed by atoms with E-state index in [1.54, 1.807) is 13.2 Å². The summed E-state index contributed by atoms with van der Waals surface area (Å²) in [7, 11) is 1.60. The zero-order chi connectivity index (χ0) is 17.9. The molecule has 0 spiro atoms. The number of carboxylic acid groups (broad SMARTS) is 2. The predicted molar refractivity (Wildman–Crippen MR) is 92.0 cm³/mol. The molecule has 1 saturated carbocycles. The third-order valence-corrected chi connectivity index (χ3v) is 4.18. The molecule has 1 aromatic rings. The van der Waals surface area contributed by atoms with E-state index >= 15 is 0 Å². The van der Waals surface area contributed by atoms with Crippen LogP contribution in [0.4, 0.5) is 4.79 Å². The number of hydrogen-bond donors (Lipinski definition) is 3. The summed E-state index contributed by atoms with van der Waals surface area (Å²) in [4.78, 5) is 20.7. The molecular weight excluding hydrogens is 334 g/mol. The molecule has 0 atom stereocenters. The lowest BCUT2D eigenvalue weighted by Gasteiger charge is -2.16. The summed E-state index contributed by atoms with van der Waals surface area (Å²) in [5.74, 6) is 0.770. The SMILES string of the molecule is COc1ccc(CC(=O)NC2CCCCCC2)c(Cl)c1.O=C(O)O. The summed E-state index contributed by atoms with van der Waals surface area (Å²) in [5.41, 5.74) is 0.846. The number of amides is 1. The minimum absolute atomic E-state index is 0.0592. The van der Waals surface area contributed by atoms with Gasteiger partial charge in [-0.15, -0.1) is 0 Å². The molecular formula is C17H24ClNO5. The van der Waals surface area contributed by atoms with Crippen LogP contribution >= 0.6 is 11.6 Å². The van der Waals surface area contributed by atoms with E-state index in [2.05, 4.69) is 5.32 Å². The molecule has 0 aromatic heterocycles. The summed E-state index contributed by atoms with van der Waals surface area (Å²) in [6.45, 7) is 0. The van der Waals surface area contributed by atoms with Crippen LogP contribution in [-0.2, 0) is 11.2 Å². The molecule has 0 radical (unpaired) electrons. The average Bonchev–Trinajstić information content (AvgIpc) is 2.77. The van der Waals surface area contributed by atoms with E-state index in [9.17, 15) is 4.79 Å². The predicted octanol–water partition coefficient (Wildman–Crippen LogP) is 3.95. The molecule has 1 aliphatic carbocycles. The van der Waals surface area contributed by atoms with Crippen molar-refractivity contribution in [1.82, 2.24) is 5.32 Å². The van der Waals surface area contributed by atoms with Gasteiger partial charge in [-0.2, -0.15) is 0 Å². The molecule has 6 nitrogen and oxygen atoms in total. The number of benzene rings is 1. The van der Waals surface area contributed by atoms with E-state index < -0.39 is 6.16 Å². The van der Waals surface area contributed by atoms with Crippen molar-refractivity contribution in [1.29, 1.82) is 0 Å². The fourth-order valence-corrected chi connectivity index (χ4v) is 2.91. The van der Waals surface area contributed by atoms with Crippen LogP contribution in [0.5, 0.6) is 5.75 Å². The van der Waals surface area contributed by atoms with Gasteiger partial charge in [0.2, 0.25) is 5.91 Å². The van der Waals surface area contributed by atoms with E-state index in [1.807, 2.05) is 12.1 Å². The molecule has 1 aromatic carbocycles. The Morgan fingerprint density at radius 1 is 1.21 bits per heavy atom. The van der Waals surface area contributed by atoms with Gasteiger partial charge in [0.1, 0.15) is 5.75 Å². The highest BCUT2D eigenvalue weighted by atomic mass is 35.5. The lowest BCUT2D eigenvalue weighted by atomic mass is 10.1. The maximum atomic E-state index is 12.1. The first-order valence-electron chi connectivity index (χ1n) is 7.96. The standard InChI is InChI=1S/C16H22ClNO2.CH2O3/c1-20-14-9-8-12(15(17)11-14)10-16(19)18-13-6-4-2-3-5-7-13;2-1(3)4/h8-9,11,13H,2-7,10H2,1H3,(H,18,19);(H2,2,3,4). The molecule has 1 aliphatic rings. The van der Waals surface area contributed by atoms with Gasteiger partial charge in [-0.05, 0) is 30.5 Å². The van der Waals surface area contributed by atoms with Crippen molar-refractivity contribution in [3.8, 4) is 5.75 Å². The van der Waals surface area contributed by atoms with Crippen LogP contribution in [0.2, 0.25) is 5.02 Å². The van der Waals surface area contributed by atoms with Gasteiger partial charge in [0.25, 0.3) is 0 Å². The molecule has 134 valence electrons. The highest BCUT2D eigenvalue weighted by molar-refractivity contribution is 6.31. The molecule has 0 saturated heterocycles. The van der Waals surface area contributed by atoms with Crippen LogP contribution in [0.15, 0.2) is 18.2 Å². The number of nitrogens with one attached hydrogen (secondary N) is 1. The van der Waals surface area contributed by atoms with Crippen LogP contribution in [0, 0.1) is 0 Å². The summed E-state index contributed by atoms with van der Waals surface area (Å²) in [5, 5.41) is 17.7. The summed E-state index contributed by atoms with van der Waals surface area (Å²) < 4.78 is 5.11. The molecule has 0 heterocycles. The Morgan fingerprint density at radius 2 is 1.79 bits per heavy atom. The third-order valence-electron chi connectivity index (χ3n) is 3.83. The fraction of sp³-hybridized carbons (Fsp3) is 0.529. The topological polar surface area (TPSA) is 95.9 Å². The highest BCUT2D eigenvalue weighted by Crippen LogP contribution is 2.23. The fourth-order valence-electron chi connectivity index (χ4n) is 2.67. The van der Waals surface area contributed by atoms with Crippen LogP contribution in [0.3, 0.4) is 0 Å². The molecule has 7 heteroatoms. The van der Waals surface area contributed by atoms with Gasteiger partial charge in [0, 0.05) is 11.1 Å². The maximum absolute atomic E-state index is 12.1. The van der Waals surface area contributed by atoms with Crippen molar-refractivity contribution in [2.45, 2.75) is 51.0 Å². The lowest BCUT2D eigenvalue weighted by Crippen LogP contribution is -2.35. The summed E-state index contributed by atoms with van der Waals surface area (Å²) >= 11 is 6.16.